The molecule has 0 amide bonds. The molecular weight excluding hydrogens is 308 g/mol. The zero-order valence-electron chi connectivity index (χ0n) is 11.2. The first-order valence-corrected chi connectivity index (χ1v) is 6.87. The first kappa shape index (κ1) is 14.1. The SMILES string of the molecule is COc1ccc([C@H](C)NCc2ncc(C)o2)cc1Br. The van der Waals surface area contributed by atoms with E-state index in [-0.39, 0.29) is 6.04 Å². The van der Waals surface area contributed by atoms with Crippen LogP contribution >= 0.6 is 15.9 Å². The van der Waals surface area contributed by atoms with E-state index in [1.54, 1.807) is 13.3 Å². The summed E-state index contributed by atoms with van der Waals surface area (Å²) in [6.45, 7) is 4.60. The number of nitrogens with zero attached hydrogens (tertiary/aromatic N) is 1. The fourth-order valence-electron chi connectivity index (χ4n) is 1.79. The Balaban J connectivity index is 1.99. The summed E-state index contributed by atoms with van der Waals surface area (Å²) in [5, 5.41) is 3.38. The molecule has 0 saturated heterocycles. The topological polar surface area (TPSA) is 47.3 Å². The van der Waals surface area contributed by atoms with Gasteiger partial charge in [0.1, 0.15) is 11.5 Å². The van der Waals surface area contributed by atoms with Gasteiger partial charge in [0.2, 0.25) is 5.89 Å². The number of ether oxygens (including phenoxy) is 1. The summed E-state index contributed by atoms with van der Waals surface area (Å²) >= 11 is 3.49. The van der Waals surface area contributed by atoms with E-state index in [0.717, 1.165) is 16.0 Å². The molecule has 19 heavy (non-hydrogen) atoms. The van der Waals surface area contributed by atoms with Crippen LogP contribution in [-0.2, 0) is 6.54 Å². The van der Waals surface area contributed by atoms with Crippen molar-refractivity contribution in [2.75, 3.05) is 7.11 Å². The molecule has 0 bridgehead atoms. The third-order valence-corrected chi connectivity index (χ3v) is 3.52. The molecule has 1 aromatic heterocycles. The molecule has 4 nitrogen and oxygen atoms in total. The van der Waals surface area contributed by atoms with E-state index in [1.807, 2.05) is 19.1 Å². The van der Waals surface area contributed by atoms with Crippen LogP contribution in [0.15, 0.2) is 33.3 Å². The second-order valence-corrected chi connectivity index (χ2v) is 5.22. The van der Waals surface area contributed by atoms with Gasteiger partial charge in [-0.2, -0.15) is 0 Å². The molecular formula is C14H17BrN2O2. The summed E-state index contributed by atoms with van der Waals surface area (Å²) in [5.74, 6) is 2.37. The predicted molar refractivity (Wildman–Crippen MR) is 77.2 cm³/mol. The Labute approximate surface area is 121 Å². The van der Waals surface area contributed by atoms with E-state index < -0.39 is 0 Å². The zero-order chi connectivity index (χ0) is 13.8. The minimum atomic E-state index is 0.203. The van der Waals surface area contributed by atoms with Crippen molar-refractivity contribution in [3.8, 4) is 5.75 Å². The molecule has 5 heteroatoms. The maximum absolute atomic E-state index is 5.43. The smallest absolute Gasteiger partial charge is 0.208 e. The van der Waals surface area contributed by atoms with E-state index in [0.29, 0.717) is 12.4 Å². The summed E-state index contributed by atoms with van der Waals surface area (Å²) in [7, 11) is 1.66. The molecule has 2 aromatic rings. The van der Waals surface area contributed by atoms with Gasteiger partial charge in [-0.3, -0.25) is 0 Å². The molecule has 0 aliphatic rings. The Hall–Kier alpha value is -1.33. The van der Waals surface area contributed by atoms with E-state index in [2.05, 4.69) is 39.2 Å². The largest absolute Gasteiger partial charge is 0.496 e. The standard InChI is InChI=1S/C14H17BrN2O2/c1-9-7-17-14(19-9)8-16-10(2)11-4-5-13(18-3)12(15)6-11/h4-7,10,16H,8H2,1-3H3/t10-/m0/s1. The molecule has 0 fully saturated rings. The van der Waals surface area contributed by atoms with E-state index >= 15 is 0 Å². The molecule has 0 radical (unpaired) electrons. The van der Waals surface area contributed by atoms with Crippen LogP contribution in [-0.4, -0.2) is 12.1 Å². The number of benzene rings is 1. The van der Waals surface area contributed by atoms with Crippen LogP contribution in [0.3, 0.4) is 0 Å². The molecule has 1 aromatic carbocycles. The molecule has 1 heterocycles. The Bertz CT molecular complexity index is 554. The third kappa shape index (κ3) is 3.58. The van der Waals surface area contributed by atoms with Gasteiger partial charge < -0.3 is 14.5 Å². The highest BCUT2D eigenvalue weighted by Gasteiger charge is 2.09. The quantitative estimate of drug-likeness (QED) is 0.912. The van der Waals surface area contributed by atoms with E-state index in [4.69, 9.17) is 9.15 Å². The number of rotatable bonds is 5. The molecule has 0 aliphatic heterocycles. The minimum Gasteiger partial charge on any atom is -0.496 e. The molecule has 2 rings (SSSR count). The van der Waals surface area contributed by atoms with Crippen molar-refractivity contribution in [1.82, 2.24) is 10.3 Å². The lowest BCUT2D eigenvalue weighted by molar-refractivity contribution is 0.411. The van der Waals surface area contributed by atoms with Crippen molar-refractivity contribution >= 4 is 15.9 Å². The number of hydrogen-bond acceptors (Lipinski definition) is 4. The summed E-state index contributed by atoms with van der Waals surface area (Å²) in [4.78, 5) is 4.17. The van der Waals surface area contributed by atoms with Crippen LogP contribution in [0, 0.1) is 6.92 Å². The lowest BCUT2D eigenvalue weighted by Crippen LogP contribution is -2.18. The summed E-state index contributed by atoms with van der Waals surface area (Å²) in [5.41, 5.74) is 1.18. The van der Waals surface area contributed by atoms with Gasteiger partial charge in [0.15, 0.2) is 0 Å². The number of oxazole rings is 1. The van der Waals surface area contributed by atoms with Gasteiger partial charge in [-0.25, -0.2) is 4.98 Å². The highest BCUT2D eigenvalue weighted by atomic mass is 79.9. The van der Waals surface area contributed by atoms with Gasteiger partial charge in [-0.1, -0.05) is 6.07 Å². The molecule has 0 aliphatic carbocycles. The average molecular weight is 325 g/mol. The Kier molecular flexibility index (Phi) is 4.61. The van der Waals surface area contributed by atoms with Crippen LogP contribution in [0.5, 0.6) is 5.75 Å². The maximum Gasteiger partial charge on any atom is 0.208 e. The first-order valence-electron chi connectivity index (χ1n) is 6.08. The second kappa shape index (κ2) is 6.21. The predicted octanol–water partition coefficient (Wildman–Crippen LogP) is 3.60. The third-order valence-electron chi connectivity index (χ3n) is 2.90. The minimum absolute atomic E-state index is 0.203. The maximum atomic E-state index is 5.43. The van der Waals surface area contributed by atoms with Crippen molar-refractivity contribution in [3.05, 3.63) is 46.1 Å². The molecule has 102 valence electrons. The van der Waals surface area contributed by atoms with Crippen molar-refractivity contribution in [2.45, 2.75) is 26.4 Å². The molecule has 0 spiro atoms. The summed E-state index contributed by atoms with van der Waals surface area (Å²) in [6, 6.07) is 6.25. The Morgan fingerprint density at radius 2 is 2.26 bits per heavy atom. The number of aryl methyl sites for hydroxylation is 1. The number of methoxy groups -OCH3 is 1. The van der Waals surface area contributed by atoms with Crippen molar-refractivity contribution in [3.63, 3.8) is 0 Å². The van der Waals surface area contributed by atoms with Crippen LogP contribution in [0.25, 0.3) is 0 Å². The van der Waals surface area contributed by atoms with Crippen molar-refractivity contribution < 1.29 is 9.15 Å². The van der Waals surface area contributed by atoms with Gasteiger partial charge in [0.05, 0.1) is 24.3 Å². The number of nitrogens with one attached hydrogen (secondary N) is 1. The molecule has 1 N–H and O–H groups in total. The van der Waals surface area contributed by atoms with Crippen LogP contribution < -0.4 is 10.1 Å². The average Bonchev–Trinajstić information content (AvgIpc) is 2.81. The van der Waals surface area contributed by atoms with Crippen LogP contribution in [0.2, 0.25) is 0 Å². The van der Waals surface area contributed by atoms with Gasteiger partial charge >= 0.3 is 0 Å². The van der Waals surface area contributed by atoms with Gasteiger partial charge in [0, 0.05) is 6.04 Å². The zero-order valence-corrected chi connectivity index (χ0v) is 12.8. The summed E-state index contributed by atoms with van der Waals surface area (Å²) in [6.07, 6.45) is 1.73. The Morgan fingerprint density at radius 1 is 1.47 bits per heavy atom. The lowest BCUT2D eigenvalue weighted by Gasteiger charge is -2.14. The van der Waals surface area contributed by atoms with Crippen LogP contribution in [0.4, 0.5) is 0 Å². The highest BCUT2D eigenvalue weighted by molar-refractivity contribution is 9.10. The monoisotopic (exact) mass is 324 g/mol. The number of halogens is 1. The van der Waals surface area contributed by atoms with Crippen LogP contribution in [0.1, 0.15) is 30.2 Å². The summed E-state index contributed by atoms with van der Waals surface area (Å²) < 4.78 is 11.6. The van der Waals surface area contributed by atoms with Crippen molar-refractivity contribution in [2.24, 2.45) is 0 Å². The molecule has 0 unspecified atom stereocenters. The fraction of sp³-hybridized carbons (Fsp3) is 0.357. The van der Waals surface area contributed by atoms with Crippen molar-refractivity contribution in [1.29, 1.82) is 0 Å². The fourth-order valence-corrected chi connectivity index (χ4v) is 2.35. The highest BCUT2D eigenvalue weighted by Crippen LogP contribution is 2.28. The number of aromatic nitrogens is 1. The normalized spacial score (nSPS) is 12.4. The number of hydrogen-bond donors (Lipinski definition) is 1. The first-order chi connectivity index (χ1) is 9.10. The van der Waals surface area contributed by atoms with Gasteiger partial charge in [-0.15, -0.1) is 0 Å². The molecule has 0 saturated carbocycles. The Morgan fingerprint density at radius 3 is 2.84 bits per heavy atom. The van der Waals surface area contributed by atoms with E-state index in [1.165, 1.54) is 5.56 Å². The van der Waals surface area contributed by atoms with Gasteiger partial charge in [-0.05, 0) is 47.5 Å². The van der Waals surface area contributed by atoms with Gasteiger partial charge in [0.25, 0.3) is 0 Å². The lowest BCUT2D eigenvalue weighted by atomic mass is 10.1. The molecule has 1 atom stereocenters. The second-order valence-electron chi connectivity index (χ2n) is 4.36. The van der Waals surface area contributed by atoms with E-state index in [9.17, 15) is 0 Å².